The molecule has 4 aromatic rings. The molecule has 7 heteroatoms. The maximum atomic E-state index is 5.42. The highest BCUT2D eigenvalue weighted by atomic mass is 32.2. The summed E-state index contributed by atoms with van der Waals surface area (Å²) < 4.78 is 12.6. The molecule has 132 valence electrons. The van der Waals surface area contributed by atoms with Gasteiger partial charge < -0.3 is 9.47 Å². The number of methoxy groups -OCH3 is 2. The van der Waals surface area contributed by atoms with Crippen molar-refractivity contribution in [2.24, 2.45) is 0 Å². The molecule has 2 aromatic heterocycles. The summed E-state index contributed by atoms with van der Waals surface area (Å²) in [6.45, 7) is 1.88. The zero-order valence-corrected chi connectivity index (χ0v) is 15.6. The zero-order chi connectivity index (χ0) is 18.1. The van der Waals surface area contributed by atoms with Crippen LogP contribution < -0.4 is 9.47 Å². The molecule has 0 aliphatic heterocycles. The summed E-state index contributed by atoms with van der Waals surface area (Å²) in [5.74, 6) is 2.80. The van der Waals surface area contributed by atoms with Crippen molar-refractivity contribution in [1.29, 1.82) is 0 Å². The molecule has 0 unspecified atom stereocenters. The third-order valence-electron chi connectivity index (χ3n) is 4.06. The van der Waals surface area contributed by atoms with Crippen LogP contribution in [-0.4, -0.2) is 33.8 Å². The highest BCUT2D eigenvalue weighted by Gasteiger charge is 2.16. The van der Waals surface area contributed by atoms with Crippen molar-refractivity contribution in [3.63, 3.8) is 0 Å². The summed E-state index contributed by atoms with van der Waals surface area (Å²) >= 11 is 1.63. The monoisotopic (exact) mass is 366 g/mol. The van der Waals surface area contributed by atoms with E-state index >= 15 is 0 Å². The van der Waals surface area contributed by atoms with Crippen LogP contribution in [0, 0.1) is 6.92 Å². The van der Waals surface area contributed by atoms with Crippen LogP contribution in [0.2, 0.25) is 0 Å². The summed E-state index contributed by atoms with van der Waals surface area (Å²) in [5, 5.41) is 6.20. The van der Waals surface area contributed by atoms with Gasteiger partial charge in [0.15, 0.2) is 22.3 Å². The first kappa shape index (κ1) is 16.7. The number of fused-ring (bicyclic) bond motifs is 3. The zero-order valence-electron chi connectivity index (χ0n) is 14.8. The molecule has 0 fully saturated rings. The Morgan fingerprint density at radius 1 is 1.00 bits per heavy atom. The largest absolute Gasteiger partial charge is 0.493 e. The first-order valence-corrected chi connectivity index (χ1v) is 9.14. The average Bonchev–Trinajstić information content (AvgIpc) is 3.07. The van der Waals surface area contributed by atoms with Gasteiger partial charge in [-0.1, -0.05) is 42.1 Å². The van der Waals surface area contributed by atoms with Crippen LogP contribution in [0.3, 0.4) is 0 Å². The molecule has 2 aromatic carbocycles. The van der Waals surface area contributed by atoms with Gasteiger partial charge in [-0.25, -0.2) is 9.97 Å². The normalized spacial score (nSPS) is 11.2. The van der Waals surface area contributed by atoms with Crippen LogP contribution >= 0.6 is 11.8 Å². The Hall–Kier alpha value is -2.80. The van der Waals surface area contributed by atoms with Crippen molar-refractivity contribution < 1.29 is 9.47 Å². The van der Waals surface area contributed by atoms with Crippen LogP contribution in [0.5, 0.6) is 11.5 Å². The van der Waals surface area contributed by atoms with Gasteiger partial charge in [0.1, 0.15) is 5.82 Å². The standard InChI is InChI=1S/C19H18N4O2S/c1-12-20-18-14-9-16(24-2)17(25-3)10-15(14)21-19(23(18)22-12)26-11-13-7-5-4-6-8-13/h4-10H,11H2,1-3H3. The summed E-state index contributed by atoms with van der Waals surface area (Å²) in [7, 11) is 3.24. The minimum absolute atomic E-state index is 0.645. The molecule has 0 amide bonds. The van der Waals surface area contributed by atoms with Crippen LogP contribution in [0.15, 0.2) is 47.6 Å². The van der Waals surface area contributed by atoms with E-state index in [1.54, 1.807) is 30.5 Å². The van der Waals surface area contributed by atoms with E-state index in [1.165, 1.54) is 5.56 Å². The second-order valence-corrected chi connectivity index (χ2v) is 6.73. The van der Waals surface area contributed by atoms with E-state index < -0.39 is 0 Å². The summed E-state index contributed by atoms with van der Waals surface area (Å²) in [6.07, 6.45) is 0. The lowest BCUT2D eigenvalue weighted by Crippen LogP contribution is -2.00. The average molecular weight is 366 g/mol. The van der Waals surface area contributed by atoms with E-state index in [0.29, 0.717) is 17.3 Å². The number of thioether (sulfide) groups is 1. The Bertz CT molecular complexity index is 1080. The quantitative estimate of drug-likeness (QED) is 0.394. The molecule has 4 rings (SSSR count). The SMILES string of the molecule is COc1cc2nc(SCc3ccccc3)n3nc(C)nc3c2cc1OC. The molecule has 0 saturated heterocycles. The van der Waals surface area contributed by atoms with Gasteiger partial charge in [0.2, 0.25) is 0 Å². The van der Waals surface area contributed by atoms with Gasteiger partial charge in [0.05, 0.1) is 19.7 Å². The van der Waals surface area contributed by atoms with Crippen LogP contribution in [0.1, 0.15) is 11.4 Å². The lowest BCUT2D eigenvalue weighted by molar-refractivity contribution is 0.355. The molecule has 0 bridgehead atoms. The Labute approximate surface area is 155 Å². The van der Waals surface area contributed by atoms with Gasteiger partial charge in [-0.05, 0) is 18.6 Å². The number of rotatable bonds is 5. The van der Waals surface area contributed by atoms with Crippen LogP contribution in [0.25, 0.3) is 16.6 Å². The van der Waals surface area contributed by atoms with E-state index in [2.05, 4.69) is 22.2 Å². The number of hydrogen-bond donors (Lipinski definition) is 0. The second-order valence-electron chi connectivity index (χ2n) is 5.79. The fourth-order valence-electron chi connectivity index (χ4n) is 2.83. The number of hydrogen-bond acceptors (Lipinski definition) is 6. The number of ether oxygens (including phenoxy) is 2. The highest BCUT2D eigenvalue weighted by molar-refractivity contribution is 7.98. The number of nitrogens with zero attached hydrogens (tertiary/aromatic N) is 4. The molecule has 0 spiro atoms. The molecule has 0 radical (unpaired) electrons. The number of aromatic nitrogens is 4. The first-order chi connectivity index (χ1) is 12.7. The maximum Gasteiger partial charge on any atom is 0.191 e. The molecule has 6 nitrogen and oxygen atoms in total. The fraction of sp³-hybridized carbons (Fsp3) is 0.211. The molecular weight excluding hydrogens is 348 g/mol. The van der Waals surface area contributed by atoms with E-state index in [4.69, 9.17) is 14.5 Å². The van der Waals surface area contributed by atoms with Gasteiger partial charge in [-0.15, -0.1) is 5.10 Å². The summed E-state index contributed by atoms with van der Waals surface area (Å²) in [5.41, 5.74) is 2.80. The van der Waals surface area contributed by atoms with Crippen LogP contribution in [0.4, 0.5) is 0 Å². The fourth-order valence-corrected chi connectivity index (χ4v) is 3.73. The van der Waals surface area contributed by atoms with Gasteiger partial charge >= 0.3 is 0 Å². The Morgan fingerprint density at radius 2 is 1.73 bits per heavy atom. The minimum atomic E-state index is 0.645. The molecular formula is C19H18N4O2S. The van der Waals surface area contributed by atoms with Crippen molar-refractivity contribution in [3.05, 3.63) is 53.9 Å². The predicted molar refractivity (Wildman–Crippen MR) is 102 cm³/mol. The van der Waals surface area contributed by atoms with Gasteiger partial charge in [-0.2, -0.15) is 4.52 Å². The third kappa shape index (κ3) is 2.94. The molecule has 0 atom stereocenters. The smallest absolute Gasteiger partial charge is 0.191 e. The van der Waals surface area contributed by atoms with E-state index in [9.17, 15) is 0 Å². The van der Waals surface area contributed by atoms with Crippen molar-refractivity contribution in [1.82, 2.24) is 19.6 Å². The molecule has 0 aliphatic carbocycles. The lowest BCUT2D eigenvalue weighted by Gasteiger charge is -2.11. The maximum absolute atomic E-state index is 5.42. The Kier molecular flexibility index (Phi) is 4.38. The molecule has 0 N–H and O–H groups in total. The molecule has 0 saturated carbocycles. The van der Waals surface area contributed by atoms with Gasteiger partial charge in [-0.3, -0.25) is 0 Å². The topological polar surface area (TPSA) is 61.5 Å². The molecule has 2 heterocycles. The highest BCUT2D eigenvalue weighted by Crippen LogP contribution is 2.34. The van der Waals surface area contributed by atoms with Crippen molar-refractivity contribution in [3.8, 4) is 11.5 Å². The Morgan fingerprint density at radius 3 is 2.46 bits per heavy atom. The van der Waals surface area contributed by atoms with Gasteiger partial charge in [0, 0.05) is 17.2 Å². The third-order valence-corrected chi connectivity index (χ3v) is 5.06. The number of aryl methyl sites for hydroxylation is 1. The van der Waals surface area contributed by atoms with E-state index in [1.807, 2.05) is 37.3 Å². The van der Waals surface area contributed by atoms with Crippen molar-refractivity contribution >= 4 is 28.3 Å². The number of benzene rings is 2. The molecule has 26 heavy (non-hydrogen) atoms. The van der Waals surface area contributed by atoms with Crippen LogP contribution in [-0.2, 0) is 5.75 Å². The predicted octanol–water partition coefficient (Wildman–Crippen LogP) is 3.90. The summed E-state index contributed by atoms with van der Waals surface area (Å²) in [4.78, 5) is 9.39. The Balaban J connectivity index is 1.85. The van der Waals surface area contributed by atoms with E-state index in [0.717, 1.165) is 27.5 Å². The first-order valence-electron chi connectivity index (χ1n) is 8.15. The second kappa shape index (κ2) is 6.84. The molecule has 0 aliphatic rings. The minimum Gasteiger partial charge on any atom is -0.493 e. The van der Waals surface area contributed by atoms with E-state index in [-0.39, 0.29) is 0 Å². The lowest BCUT2D eigenvalue weighted by atomic mass is 10.2. The van der Waals surface area contributed by atoms with Crippen molar-refractivity contribution in [2.75, 3.05) is 14.2 Å². The van der Waals surface area contributed by atoms with Crippen molar-refractivity contribution in [2.45, 2.75) is 17.8 Å². The van der Waals surface area contributed by atoms with Gasteiger partial charge in [0.25, 0.3) is 0 Å². The summed E-state index contributed by atoms with van der Waals surface area (Å²) in [6, 6.07) is 14.1.